The van der Waals surface area contributed by atoms with Gasteiger partial charge in [-0.3, -0.25) is 9.59 Å². The summed E-state index contributed by atoms with van der Waals surface area (Å²) in [5, 5.41) is 5.83. The van der Waals surface area contributed by atoms with Gasteiger partial charge in [-0.2, -0.15) is 0 Å². The van der Waals surface area contributed by atoms with Gasteiger partial charge in [-0.05, 0) is 49.1 Å². The Bertz CT molecular complexity index is 681. The summed E-state index contributed by atoms with van der Waals surface area (Å²) < 4.78 is 0. The number of amides is 2. The maximum atomic E-state index is 12.2. The Morgan fingerprint density at radius 1 is 0.731 bits per heavy atom. The quantitative estimate of drug-likeness (QED) is 0.636. The van der Waals surface area contributed by atoms with Crippen LogP contribution in [0, 0.1) is 0 Å². The largest absolute Gasteiger partial charge is 0.352 e. The Hall–Kier alpha value is -2.62. The highest BCUT2D eigenvalue weighted by Gasteiger charge is 2.08. The SMILES string of the molecule is CCCCCNC(=O)c1ccc(C(=O)NCCCc2ccccc2)cc1. The Balaban J connectivity index is 1.72. The number of unbranched alkanes of at least 4 members (excludes halogenated alkanes) is 2. The predicted octanol–water partition coefficient (Wildman–Crippen LogP) is 3.97. The molecule has 2 aromatic carbocycles. The van der Waals surface area contributed by atoms with Gasteiger partial charge in [-0.25, -0.2) is 0 Å². The van der Waals surface area contributed by atoms with Gasteiger partial charge in [0.15, 0.2) is 0 Å². The highest BCUT2D eigenvalue weighted by atomic mass is 16.2. The first-order valence-electron chi connectivity index (χ1n) is 9.41. The van der Waals surface area contributed by atoms with E-state index in [0.717, 1.165) is 32.1 Å². The van der Waals surface area contributed by atoms with Crippen molar-refractivity contribution in [1.29, 1.82) is 0 Å². The summed E-state index contributed by atoms with van der Waals surface area (Å²) in [6, 6.07) is 17.0. The Morgan fingerprint density at radius 2 is 1.27 bits per heavy atom. The summed E-state index contributed by atoms with van der Waals surface area (Å²) in [7, 11) is 0. The summed E-state index contributed by atoms with van der Waals surface area (Å²) >= 11 is 0. The Labute approximate surface area is 156 Å². The van der Waals surface area contributed by atoms with E-state index in [9.17, 15) is 9.59 Å². The van der Waals surface area contributed by atoms with Crippen LogP contribution in [-0.4, -0.2) is 24.9 Å². The van der Waals surface area contributed by atoms with Gasteiger partial charge in [-0.1, -0.05) is 50.1 Å². The van der Waals surface area contributed by atoms with Crippen LogP contribution in [0.2, 0.25) is 0 Å². The lowest BCUT2D eigenvalue weighted by atomic mass is 10.1. The number of carbonyl (C=O) groups is 2. The number of aryl methyl sites for hydroxylation is 1. The third-order valence-electron chi connectivity index (χ3n) is 4.25. The minimum absolute atomic E-state index is 0.0871. The zero-order chi connectivity index (χ0) is 18.6. The van der Waals surface area contributed by atoms with Crippen molar-refractivity contribution in [3.63, 3.8) is 0 Å². The van der Waals surface area contributed by atoms with Crippen molar-refractivity contribution in [2.24, 2.45) is 0 Å². The normalized spacial score (nSPS) is 10.3. The highest BCUT2D eigenvalue weighted by Crippen LogP contribution is 2.06. The summed E-state index contributed by atoms with van der Waals surface area (Å²) in [6.07, 6.45) is 5.08. The Morgan fingerprint density at radius 3 is 1.81 bits per heavy atom. The molecule has 0 aliphatic heterocycles. The topological polar surface area (TPSA) is 58.2 Å². The maximum Gasteiger partial charge on any atom is 0.251 e. The fourth-order valence-electron chi connectivity index (χ4n) is 2.69. The van der Waals surface area contributed by atoms with Gasteiger partial charge in [0.2, 0.25) is 0 Å². The molecule has 2 aromatic rings. The van der Waals surface area contributed by atoms with E-state index < -0.39 is 0 Å². The summed E-state index contributed by atoms with van der Waals surface area (Å²) in [5.41, 5.74) is 2.44. The average Bonchev–Trinajstić information content (AvgIpc) is 2.69. The molecule has 0 unspecified atom stereocenters. The first-order valence-corrected chi connectivity index (χ1v) is 9.41. The number of benzene rings is 2. The minimum atomic E-state index is -0.104. The van der Waals surface area contributed by atoms with E-state index in [1.165, 1.54) is 5.56 Å². The van der Waals surface area contributed by atoms with Crippen molar-refractivity contribution in [1.82, 2.24) is 10.6 Å². The fraction of sp³-hybridized carbons (Fsp3) is 0.364. The van der Waals surface area contributed by atoms with E-state index in [2.05, 4.69) is 29.7 Å². The summed E-state index contributed by atoms with van der Waals surface area (Å²) in [5.74, 6) is -0.191. The molecule has 2 rings (SSSR count). The first kappa shape index (κ1) is 19.7. The molecule has 4 nitrogen and oxygen atoms in total. The molecule has 0 bridgehead atoms. The minimum Gasteiger partial charge on any atom is -0.352 e. The number of nitrogens with one attached hydrogen (secondary N) is 2. The van der Waals surface area contributed by atoms with E-state index >= 15 is 0 Å². The maximum absolute atomic E-state index is 12.2. The van der Waals surface area contributed by atoms with Crippen molar-refractivity contribution < 1.29 is 9.59 Å². The van der Waals surface area contributed by atoms with Crippen molar-refractivity contribution >= 4 is 11.8 Å². The van der Waals surface area contributed by atoms with E-state index in [4.69, 9.17) is 0 Å². The van der Waals surface area contributed by atoms with Gasteiger partial charge >= 0.3 is 0 Å². The van der Waals surface area contributed by atoms with Gasteiger partial charge in [0.25, 0.3) is 11.8 Å². The van der Waals surface area contributed by atoms with Crippen molar-refractivity contribution in [2.45, 2.75) is 39.0 Å². The van der Waals surface area contributed by atoms with Crippen LogP contribution < -0.4 is 10.6 Å². The van der Waals surface area contributed by atoms with Gasteiger partial charge in [0.1, 0.15) is 0 Å². The third-order valence-corrected chi connectivity index (χ3v) is 4.25. The molecular formula is C22H28N2O2. The highest BCUT2D eigenvalue weighted by molar-refractivity contribution is 5.97. The smallest absolute Gasteiger partial charge is 0.251 e. The van der Waals surface area contributed by atoms with Crippen molar-refractivity contribution in [2.75, 3.05) is 13.1 Å². The van der Waals surface area contributed by atoms with Crippen LogP contribution in [0.3, 0.4) is 0 Å². The predicted molar refractivity (Wildman–Crippen MR) is 105 cm³/mol. The molecule has 0 heterocycles. The van der Waals surface area contributed by atoms with Gasteiger partial charge in [0, 0.05) is 24.2 Å². The second-order valence-corrected chi connectivity index (χ2v) is 6.39. The second kappa shape index (κ2) is 11.1. The lowest BCUT2D eigenvalue weighted by molar-refractivity contribution is 0.0941. The standard InChI is InChI=1S/C22H28N2O2/c1-2-3-7-16-23-21(25)19-12-14-20(15-13-19)22(26)24-17-8-11-18-9-5-4-6-10-18/h4-6,9-10,12-15H,2-3,7-8,11,16-17H2,1H3,(H,23,25)(H,24,26). The van der Waals surface area contributed by atoms with E-state index in [-0.39, 0.29) is 11.8 Å². The molecule has 0 spiro atoms. The zero-order valence-electron chi connectivity index (χ0n) is 15.5. The van der Waals surface area contributed by atoms with Crippen LogP contribution in [0.4, 0.5) is 0 Å². The molecule has 0 aromatic heterocycles. The summed E-state index contributed by atoms with van der Waals surface area (Å²) in [4.78, 5) is 24.2. The van der Waals surface area contributed by atoms with E-state index in [1.807, 2.05) is 18.2 Å². The monoisotopic (exact) mass is 352 g/mol. The lowest BCUT2D eigenvalue weighted by Gasteiger charge is -2.07. The lowest BCUT2D eigenvalue weighted by Crippen LogP contribution is -2.26. The van der Waals surface area contributed by atoms with E-state index in [0.29, 0.717) is 24.2 Å². The van der Waals surface area contributed by atoms with Gasteiger partial charge in [0.05, 0.1) is 0 Å². The Kier molecular flexibility index (Phi) is 8.40. The van der Waals surface area contributed by atoms with Gasteiger partial charge in [-0.15, -0.1) is 0 Å². The molecule has 4 heteroatoms. The average molecular weight is 352 g/mol. The van der Waals surface area contributed by atoms with Gasteiger partial charge < -0.3 is 10.6 Å². The molecule has 26 heavy (non-hydrogen) atoms. The molecular weight excluding hydrogens is 324 g/mol. The van der Waals surface area contributed by atoms with Crippen LogP contribution in [-0.2, 0) is 6.42 Å². The molecule has 2 amide bonds. The molecule has 0 aliphatic rings. The first-order chi connectivity index (χ1) is 12.7. The molecule has 138 valence electrons. The molecule has 0 saturated heterocycles. The molecule has 0 fully saturated rings. The van der Waals surface area contributed by atoms with Crippen LogP contribution in [0.25, 0.3) is 0 Å². The van der Waals surface area contributed by atoms with Crippen LogP contribution in [0.5, 0.6) is 0 Å². The zero-order valence-corrected chi connectivity index (χ0v) is 15.5. The molecule has 2 N–H and O–H groups in total. The number of hydrogen-bond donors (Lipinski definition) is 2. The summed E-state index contributed by atoms with van der Waals surface area (Å²) in [6.45, 7) is 3.46. The van der Waals surface area contributed by atoms with E-state index in [1.54, 1.807) is 24.3 Å². The van der Waals surface area contributed by atoms with Crippen LogP contribution in [0.15, 0.2) is 54.6 Å². The van der Waals surface area contributed by atoms with Crippen molar-refractivity contribution in [3.8, 4) is 0 Å². The van der Waals surface area contributed by atoms with Crippen molar-refractivity contribution in [3.05, 3.63) is 71.3 Å². The molecule has 0 atom stereocenters. The second-order valence-electron chi connectivity index (χ2n) is 6.39. The number of carbonyl (C=O) groups excluding carboxylic acids is 2. The van der Waals surface area contributed by atoms with Crippen LogP contribution >= 0.6 is 0 Å². The fourth-order valence-corrected chi connectivity index (χ4v) is 2.69. The molecule has 0 saturated carbocycles. The number of rotatable bonds is 10. The van der Waals surface area contributed by atoms with Crippen LogP contribution in [0.1, 0.15) is 58.9 Å². The molecule has 0 aliphatic carbocycles. The number of hydrogen-bond acceptors (Lipinski definition) is 2. The molecule has 0 radical (unpaired) electrons. The third kappa shape index (κ3) is 6.71.